The summed E-state index contributed by atoms with van der Waals surface area (Å²) in [5.41, 5.74) is 2.38. The first kappa shape index (κ1) is 20.7. The number of ether oxygens (including phenoxy) is 2. The fourth-order valence-electron chi connectivity index (χ4n) is 4.50. The smallest absolute Gasteiger partial charge is 0.234 e. The molecule has 2 aromatic carbocycles. The average Bonchev–Trinajstić information content (AvgIpc) is 3.09. The van der Waals surface area contributed by atoms with Gasteiger partial charge in [0, 0.05) is 12.5 Å². The predicted octanol–water partition coefficient (Wildman–Crippen LogP) is 4.64. The number of likely N-dealkylation sites (tertiary alicyclic amines) is 1. The lowest BCUT2D eigenvalue weighted by molar-refractivity contribution is -0.123. The average molecular weight is 409 g/mol. The van der Waals surface area contributed by atoms with Crippen LogP contribution in [0.3, 0.4) is 0 Å². The summed E-state index contributed by atoms with van der Waals surface area (Å²) in [4.78, 5) is 15.2. The zero-order valence-electron chi connectivity index (χ0n) is 17.8. The number of carbonyl (C=O) groups excluding carboxylic acids is 1. The summed E-state index contributed by atoms with van der Waals surface area (Å²) in [5.74, 6) is 1.75. The van der Waals surface area contributed by atoms with Crippen LogP contribution in [0.5, 0.6) is 11.5 Å². The second kappa shape index (κ2) is 9.98. The molecule has 0 bridgehead atoms. The Balaban J connectivity index is 1.42. The van der Waals surface area contributed by atoms with E-state index in [1.807, 2.05) is 24.3 Å². The van der Waals surface area contributed by atoms with Crippen LogP contribution >= 0.6 is 0 Å². The Morgan fingerprint density at radius 3 is 2.70 bits per heavy atom. The number of nitrogens with zero attached hydrogens (tertiary/aromatic N) is 1. The van der Waals surface area contributed by atoms with Crippen molar-refractivity contribution in [1.82, 2.24) is 10.2 Å². The molecule has 2 atom stereocenters. The van der Waals surface area contributed by atoms with Gasteiger partial charge >= 0.3 is 0 Å². The van der Waals surface area contributed by atoms with Gasteiger partial charge in [-0.15, -0.1) is 0 Å². The molecule has 0 aliphatic carbocycles. The first-order valence-corrected chi connectivity index (χ1v) is 11.2. The number of nitrogens with one attached hydrogen (secondary N) is 1. The summed E-state index contributed by atoms with van der Waals surface area (Å²) in [6, 6.07) is 16.8. The summed E-state index contributed by atoms with van der Waals surface area (Å²) in [6.45, 7) is 4.90. The first-order valence-electron chi connectivity index (χ1n) is 11.2. The number of rotatable bonds is 7. The fraction of sp³-hybridized carbons (Fsp3) is 0.480. The third kappa shape index (κ3) is 4.96. The number of hydrogen-bond acceptors (Lipinski definition) is 4. The minimum atomic E-state index is 0.0720. The molecule has 0 saturated carbocycles. The van der Waals surface area contributed by atoms with Gasteiger partial charge in [-0.05, 0) is 49.1 Å². The molecule has 160 valence electrons. The maximum Gasteiger partial charge on any atom is 0.234 e. The topological polar surface area (TPSA) is 50.8 Å². The van der Waals surface area contributed by atoms with Gasteiger partial charge in [-0.1, -0.05) is 49.7 Å². The number of amides is 1. The zero-order chi connectivity index (χ0) is 20.8. The summed E-state index contributed by atoms with van der Waals surface area (Å²) in [7, 11) is 0. The van der Waals surface area contributed by atoms with E-state index >= 15 is 0 Å². The normalized spacial score (nSPS) is 19.8. The van der Waals surface area contributed by atoms with E-state index in [9.17, 15) is 4.79 Å². The number of hydrogen-bond donors (Lipinski definition) is 1. The van der Waals surface area contributed by atoms with Crippen molar-refractivity contribution in [3.8, 4) is 11.5 Å². The lowest BCUT2D eigenvalue weighted by Gasteiger charge is -2.26. The fourth-order valence-corrected chi connectivity index (χ4v) is 4.50. The van der Waals surface area contributed by atoms with Crippen LogP contribution in [0.2, 0.25) is 0 Å². The zero-order valence-corrected chi connectivity index (χ0v) is 17.8. The third-order valence-electron chi connectivity index (χ3n) is 5.98. The summed E-state index contributed by atoms with van der Waals surface area (Å²) in [6.07, 6.45) is 5.04. The maximum atomic E-state index is 12.9. The highest BCUT2D eigenvalue weighted by molar-refractivity contribution is 5.78. The van der Waals surface area contributed by atoms with E-state index < -0.39 is 0 Å². The highest BCUT2D eigenvalue weighted by Gasteiger charge is 2.29. The van der Waals surface area contributed by atoms with Gasteiger partial charge in [0.25, 0.3) is 0 Å². The molecular formula is C25H32N2O3. The Bertz CT molecular complexity index is 840. The van der Waals surface area contributed by atoms with E-state index in [1.54, 1.807) is 0 Å². The predicted molar refractivity (Wildman–Crippen MR) is 118 cm³/mol. The van der Waals surface area contributed by atoms with Gasteiger partial charge in [-0.3, -0.25) is 9.69 Å². The van der Waals surface area contributed by atoms with E-state index in [4.69, 9.17) is 9.47 Å². The van der Waals surface area contributed by atoms with Gasteiger partial charge < -0.3 is 14.8 Å². The standard InChI is InChI=1S/C25H32N2O3/c1-2-8-21(19-9-4-3-5-10-19)26-25(28)18-27-14-6-11-22(27)20-12-13-23-24(17-20)30-16-7-15-29-23/h3-5,9-10,12-13,17,21-22H,2,6-8,11,14-16,18H2,1H3,(H,26,28)/t21-,22-/m0/s1. The summed E-state index contributed by atoms with van der Waals surface area (Å²) >= 11 is 0. The highest BCUT2D eigenvalue weighted by atomic mass is 16.5. The lowest BCUT2D eigenvalue weighted by atomic mass is 10.0. The molecule has 1 amide bonds. The van der Waals surface area contributed by atoms with Crippen molar-refractivity contribution in [3.05, 3.63) is 59.7 Å². The van der Waals surface area contributed by atoms with Crippen LogP contribution in [-0.2, 0) is 4.79 Å². The SMILES string of the molecule is CCC[C@H](NC(=O)CN1CCC[C@H]1c1ccc2c(c1)OCCCO2)c1ccccc1. The van der Waals surface area contributed by atoms with Gasteiger partial charge in [0.15, 0.2) is 11.5 Å². The number of benzene rings is 2. The lowest BCUT2D eigenvalue weighted by Crippen LogP contribution is -2.38. The Labute approximate surface area is 179 Å². The Kier molecular flexibility index (Phi) is 6.90. The molecule has 5 nitrogen and oxygen atoms in total. The van der Waals surface area contributed by atoms with E-state index in [-0.39, 0.29) is 18.0 Å². The van der Waals surface area contributed by atoms with Crippen LogP contribution in [0.25, 0.3) is 0 Å². The van der Waals surface area contributed by atoms with Crippen molar-refractivity contribution in [2.24, 2.45) is 0 Å². The van der Waals surface area contributed by atoms with Crippen molar-refractivity contribution in [2.75, 3.05) is 26.3 Å². The van der Waals surface area contributed by atoms with Crippen LogP contribution < -0.4 is 14.8 Å². The molecule has 5 heteroatoms. The van der Waals surface area contributed by atoms with Crippen molar-refractivity contribution < 1.29 is 14.3 Å². The molecule has 1 saturated heterocycles. The largest absolute Gasteiger partial charge is 0.490 e. The van der Waals surface area contributed by atoms with E-state index in [1.165, 1.54) is 11.1 Å². The molecular weight excluding hydrogens is 376 g/mol. The molecule has 1 fully saturated rings. The van der Waals surface area contributed by atoms with Gasteiger partial charge in [0.1, 0.15) is 0 Å². The summed E-state index contributed by atoms with van der Waals surface area (Å²) < 4.78 is 11.6. The molecule has 0 radical (unpaired) electrons. The maximum absolute atomic E-state index is 12.9. The van der Waals surface area contributed by atoms with Crippen LogP contribution in [-0.4, -0.2) is 37.1 Å². The van der Waals surface area contributed by atoms with Crippen LogP contribution in [0.1, 0.15) is 62.2 Å². The molecule has 4 rings (SSSR count). The molecule has 0 unspecified atom stereocenters. The third-order valence-corrected chi connectivity index (χ3v) is 5.98. The van der Waals surface area contributed by atoms with Crippen molar-refractivity contribution in [1.29, 1.82) is 0 Å². The Hall–Kier alpha value is -2.53. The van der Waals surface area contributed by atoms with Crippen LogP contribution in [0, 0.1) is 0 Å². The molecule has 2 heterocycles. The molecule has 2 aromatic rings. The number of fused-ring (bicyclic) bond motifs is 1. The van der Waals surface area contributed by atoms with Crippen LogP contribution in [0.15, 0.2) is 48.5 Å². The quantitative estimate of drug-likeness (QED) is 0.725. The second-order valence-corrected chi connectivity index (χ2v) is 8.20. The number of carbonyl (C=O) groups is 1. The van der Waals surface area contributed by atoms with Gasteiger partial charge in [0.2, 0.25) is 5.91 Å². The Morgan fingerprint density at radius 2 is 1.90 bits per heavy atom. The van der Waals surface area contributed by atoms with E-state index in [0.717, 1.165) is 50.1 Å². The molecule has 2 aliphatic heterocycles. The summed E-state index contributed by atoms with van der Waals surface area (Å²) in [5, 5.41) is 3.27. The van der Waals surface area contributed by atoms with Crippen molar-refractivity contribution in [3.63, 3.8) is 0 Å². The first-order chi connectivity index (χ1) is 14.7. The molecule has 0 spiro atoms. The Morgan fingerprint density at radius 1 is 1.10 bits per heavy atom. The molecule has 30 heavy (non-hydrogen) atoms. The van der Waals surface area contributed by atoms with Crippen molar-refractivity contribution in [2.45, 2.75) is 51.1 Å². The monoisotopic (exact) mass is 408 g/mol. The minimum Gasteiger partial charge on any atom is -0.490 e. The highest BCUT2D eigenvalue weighted by Crippen LogP contribution is 2.37. The van der Waals surface area contributed by atoms with Gasteiger partial charge in [-0.25, -0.2) is 0 Å². The molecule has 2 aliphatic rings. The van der Waals surface area contributed by atoms with Gasteiger partial charge in [-0.2, -0.15) is 0 Å². The second-order valence-electron chi connectivity index (χ2n) is 8.20. The molecule has 1 N–H and O–H groups in total. The van der Waals surface area contributed by atoms with E-state index in [0.29, 0.717) is 19.8 Å². The van der Waals surface area contributed by atoms with E-state index in [2.05, 4.69) is 41.4 Å². The molecule has 0 aromatic heterocycles. The van der Waals surface area contributed by atoms with Crippen LogP contribution in [0.4, 0.5) is 0 Å². The van der Waals surface area contributed by atoms with Crippen molar-refractivity contribution >= 4 is 5.91 Å². The minimum absolute atomic E-state index is 0.0720. The van der Waals surface area contributed by atoms with Gasteiger partial charge in [0.05, 0.1) is 25.8 Å².